The lowest BCUT2D eigenvalue weighted by Gasteiger charge is -2.28. The Balaban J connectivity index is 1.98. The highest BCUT2D eigenvalue weighted by Crippen LogP contribution is 2.39. The van der Waals surface area contributed by atoms with Gasteiger partial charge in [-0.05, 0) is 41.5 Å². The molecule has 0 spiro atoms. The van der Waals surface area contributed by atoms with E-state index >= 15 is 0 Å². The summed E-state index contributed by atoms with van der Waals surface area (Å²) in [7, 11) is 0. The number of hydrogen-bond donors (Lipinski definition) is 0. The van der Waals surface area contributed by atoms with Crippen LogP contribution in [0.1, 0.15) is 45.6 Å². The summed E-state index contributed by atoms with van der Waals surface area (Å²) in [6.45, 7) is 4.52. The molecule has 0 aromatic carbocycles. The molecule has 2 rings (SSSR count). The van der Waals surface area contributed by atoms with Gasteiger partial charge in [0.1, 0.15) is 0 Å². The summed E-state index contributed by atoms with van der Waals surface area (Å²) in [5, 5.41) is 14.0. The van der Waals surface area contributed by atoms with Gasteiger partial charge < -0.3 is 0 Å². The molecule has 1 aromatic rings. The predicted octanol–water partition coefficient (Wildman–Crippen LogP) is 3.30. The molecule has 0 unspecified atom stereocenters. The molecule has 0 atom stereocenters. The lowest BCUT2D eigenvalue weighted by Crippen LogP contribution is -2.24. The Labute approximate surface area is 115 Å². The van der Waals surface area contributed by atoms with Gasteiger partial charge in [0.15, 0.2) is 0 Å². The Hall–Kier alpha value is -0.100. The average Bonchev–Trinajstić information content (AvgIpc) is 3.11. The molecule has 1 fully saturated rings. The molecular weight excluding hydrogens is 300 g/mol. The van der Waals surface area contributed by atoms with Gasteiger partial charge in [0.2, 0.25) is 5.16 Å². The van der Waals surface area contributed by atoms with Crippen molar-refractivity contribution in [1.29, 1.82) is 0 Å². The van der Waals surface area contributed by atoms with Crippen molar-refractivity contribution in [3.8, 4) is 0 Å². The number of thioether (sulfide) groups is 1. The van der Waals surface area contributed by atoms with Gasteiger partial charge in [0.05, 0.1) is 6.04 Å². The van der Waals surface area contributed by atoms with Crippen molar-refractivity contribution in [3.05, 3.63) is 0 Å². The van der Waals surface area contributed by atoms with Crippen LogP contribution in [0.5, 0.6) is 0 Å². The average molecular weight is 319 g/mol. The number of alkyl halides is 1. The predicted molar refractivity (Wildman–Crippen MR) is 73.6 cm³/mol. The minimum atomic E-state index is 0.366. The van der Waals surface area contributed by atoms with Gasteiger partial charge in [-0.1, -0.05) is 41.5 Å². The fraction of sp³-hybridized carbons (Fsp3) is 0.909. The second-order valence-electron chi connectivity index (χ2n) is 4.77. The van der Waals surface area contributed by atoms with Crippen LogP contribution in [0, 0.1) is 5.41 Å². The van der Waals surface area contributed by atoms with Gasteiger partial charge in [-0.15, -0.1) is 5.10 Å². The number of rotatable bonds is 7. The van der Waals surface area contributed by atoms with Crippen LogP contribution in [-0.4, -0.2) is 31.3 Å². The van der Waals surface area contributed by atoms with Crippen molar-refractivity contribution in [3.63, 3.8) is 0 Å². The van der Waals surface area contributed by atoms with E-state index in [2.05, 4.69) is 45.3 Å². The molecule has 0 aliphatic heterocycles. The molecule has 17 heavy (non-hydrogen) atoms. The lowest BCUT2D eigenvalue weighted by atomic mass is 9.87. The van der Waals surface area contributed by atoms with Crippen LogP contribution < -0.4 is 0 Å². The first-order valence-electron chi connectivity index (χ1n) is 6.21. The monoisotopic (exact) mass is 318 g/mol. The quantitative estimate of drug-likeness (QED) is 0.571. The van der Waals surface area contributed by atoms with Crippen molar-refractivity contribution >= 4 is 27.7 Å². The molecule has 0 radical (unpaired) electrons. The Bertz CT molecular complexity index is 352. The topological polar surface area (TPSA) is 43.6 Å². The normalized spacial score (nSPS) is 16.4. The Morgan fingerprint density at radius 1 is 1.41 bits per heavy atom. The number of nitrogens with zero attached hydrogens (tertiary/aromatic N) is 4. The minimum Gasteiger partial charge on any atom is -0.217 e. The highest BCUT2D eigenvalue weighted by atomic mass is 79.9. The zero-order chi connectivity index (χ0) is 12.3. The third-order valence-electron chi connectivity index (χ3n) is 3.65. The van der Waals surface area contributed by atoms with E-state index < -0.39 is 0 Å². The van der Waals surface area contributed by atoms with E-state index in [0.717, 1.165) is 16.2 Å². The zero-order valence-corrected chi connectivity index (χ0v) is 12.8. The molecule has 1 saturated carbocycles. The number of tetrazole rings is 1. The smallest absolute Gasteiger partial charge is 0.209 e. The summed E-state index contributed by atoms with van der Waals surface area (Å²) in [5.74, 6) is 1.08. The maximum Gasteiger partial charge on any atom is 0.209 e. The highest BCUT2D eigenvalue weighted by molar-refractivity contribution is 9.09. The molecule has 1 aromatic heterocycles. The van der Waals surface area contributed by atoms with Crippen LogP contribution >= 0.6 is 27.7 Å². The highest BCUT2D eigenvalue weighted by Gasteiger charge is 2.30. The summed E-state index contributed by atoms with van der Waals surface area (Å²) >= 11 is 5.45. The first-order valence-corrected chi connectivity index (χ1v) is 8.32. The standard InChI is InChI=1S/C11H19BrN4S/c1-3-11(4-2,7-12)8-17-10-13-14-15-16(10)9-5-6-9/h9H,3-8H2,1-2H3. The molecule has 1 heterocycles. The third-order valence-corrected chi connectivity index (χ3v) is 6.12. The molecule has 0 N–H and O–H groups in total. The minimum absolute atomic E-state index is 0.366. The fourth-order valence-corrected chi connectivity index (χ4v) is 4.34. The lowest BCUT2D eigenvalue weighted by molar-refractivity contribution is 0.358. The number of aromatic nitrogens is 4. The van der Waals surface area contributed by atoms with Gasteiger partial charge in [0, 0.05) is 11.1 Å². The summed E-state index contributed by atoms with van der Waals surface area (Å²) in [6.07, 6.45) is 4.83. The van der Waals surface area contributed by atoms with E-state index in [4.69, 9.17) is 0 Å². The second-order valence-corrected chi connectivity index (χ2v) is 6.27. The van der Waals surface area contributed by atoms with Crippen LogP contribution in [-0.2, 0) is 0 Å². The zero-order valence-electron chi connectivity index (χ0n) is 10.4. The molecule has 6 heteroatoms. The van der Waals surface area contributed by atoms with Crippen molar-refractivity contribution < 1.29 is 0 Å². The van der Waals surface area contributed by atoms with Gasteiger partial charge in [-0.3, -0.25) is 0 Å². The molecule has 0 amide bonds. The first-order chi connectivity index (χ1) is 8.24. The maximum atomic E-state index is 4.13. The third kappa shape index (κ3) is 3.02. The number of hydrogen-bond acceptors (Lipinski definition) is 4. The van der Waals surface area contributed by atoms with Crippen molar-refractivity contribution in [1.82, 2.24) is 20.2 Å². The fourth-order valence-electron chi connectivity index (χ4n) is 1.73. The Morgan fingerprint density at radius 2 is 2.12 bits per heavy atom. The Morgan fingerprint density at radius 3 is 2.65 bits per heavy atom. The molecule has 1 aliphatic rings. The van der Waals surface area contributed by atoms with Crippen LogP contribution in [0.25, 0.3) is 0 Å². The van der Waals surface area contributed by atoms with E-state index in [-0.39, 0.29) is 0 Å². The molecular formula is C11H19BrN4S. The van der Waals surface area contributed by atoms with Crippen molar-refractivity contribution in [2.24, 2.45) is 5.41 Å². The summed E-state index contributed by atoms with van der Waals surface area (Å²) in [6, 6.07) is 0.564. The Kier molecular flexibility index (Phi) is 4.47. The van der Waals surface area contributed by atoms with Crippen LogP contribution in [0.4, 0.5) is 0 Å². The summed E-state index contributed by atoms with van der Waals surface area (Å²) < 4.78 is 2.00. The van der Waals surface area contributed by atoms with Gasteiger partial charge >= 0.3 is 0 Å². The molecule has 1 aliphatic carbocycles. The van der Waals surface area contributed by atoms with E-state index in [1.54, 1.807) is 11.8 Å². The first kappa shape index (κ1) is 13.3. The summed E-state index contributed by atoms with van der Waals surface area (Å²) in [5.41, 5.74) is 0.366. The number of halogens is 1. The van der Waals surface area contributed by atoms with E-state index in [1.165, 1.54) is 25.7 Å². The van der Waals surface area contributed by atoms with Gasteiger partial charge in [0.25, 0.3) is 0 Å². The van der Waals surface area contributed by atoms with E-state index in [1.807, 2.05) is 4.68 Å². The molecule has 0 bridgehead atoms. The molecule has 4 nitrogen and oxygen atoms in total. The maximum absolute atomic E-state index is 4.13. The van der Waals surface area contributed by atoms with E-state index in [9.17, 15) is 0 Å². The van der Waals surface area contributed by atoms with Crippen LogP contribution in [0.3, 0.4) is 0 Å². The summed E-state index contributed by atoms with van der Waals surface area (Å²) in [4.78, 5) is 0. The molecule has 0 saturated heterocycles. The molecule has 96 valence electrons. The van der Waals surface area contributed by atoms with Crippen molar-refractivity contribution in [2.75, 3.05) is 11.1 Å². The largest absolute Gasteiger partial charge is 0.217 e. The van der Waals surface area contributed by atoms with Crippen molar-refractivity contribution in [2.45, 2.75) is 50.7 Å². The van der Waals surface area contributed by atoms with Crippen LogP contribution in [0.2, 0.25) is 0 Å². The second kappa shape index (κ2) is 5.69. The van der Waals surface area contributed by atoms with E-state index in [0.29, 0.717) is 11.5 Å². The van der Waals surface area contributed by atoms with Gasteiger partial charge in [-0.2, -0.15) is 0 Å². The SMILES string of the molecule is CCC(CC)(CBr)CSc1nnnn1C1CC1. The van der Waals surface area contributed by atoms with Crippen LogP contribution in [0.15, 0.2) is 5.16 Å². The van der Waals surface area contributed by atoms with Gasteiger partial charge in [-0.25, -0.2) is 4.68 Å².